The van der Waals surface area contributed by atoms with Crippen molar-refractivity contribution >= 4 is 16.3 Å². The lowest BCUT2D eigenvalue weighted by atomic mass is 10.3. The molecule has 1 aromatic rings. The standard InChI is InChI=1S/C8H11N3OS/c1-2-5-7(10)13-8(11-5)6(12)3-4-9/h6,12H,2-3,10H2,1H3. The molecule has 1 heterocycles. The molecule has 70 valence electrons. The van der Waals surface area contributed by atoms with Gasteiger partial charge in [0.25, 0.3) is 0 Å². The van der Waals surface area contributed by atoms with Gasteiger partial charge in [-0.25, -0.2) is 4.98 Å². The van der Waals surface area contributed by atoms with E-state index in [4.69, 9.17) is 11.0 Å². The average Bonchev–Trinajstić information content (AvgIpc) is 2.47. The Hall–Kier alpha value is -1.12. The lowest BCUT2D eigenvalue weighted by molar-refractivity contribution is 0.183. The molecule has 3 N–H and O–H groups in total. The fourth-order valence-corrected chi connectivity index (χ4v) is 1.86. The number of nitriles is 1. The van der Waals surface area contributed by atoms with E-state index in [1.807, 2.05) is 13.0 Å². The number of aryl methyl sites for hydroxylation is 1. The van der Waals surface area contributed by atoms with Crippen LogP contribution in [0.3, 0.4) is 0 Å². The van der Waals surface area contributed by atoms with Crippen LogP contribution in [0.5, 0.6) is 0 Å². The maximum Gasteiger partial charge on any atom is 0.125 e. The smallest absolute Gasteiger partial charge is 0.125 e. The van der Waals surface area contributed by atoms with Crippen LogP contribution in [0.4, 0.5) is 5.00 Å². The lowest BCUT2D eigenvalue weighted by Crippen LogP contribution is -1.95. The van der Waals surface area contributed by atoms with Crippen LogP contribution in [-0.2, 0) is 6.42 Å². The van der Waals surface area contributed by atoms with Crippen LogP contribution in [0.15, 0.2) is 0 Å². The van der Waals surface area contributed by atoms with Crippen LogP contribution >= 0.6 is 11.3 Å². The Kier molecular flexibility index (Phi) is 3.23. The molecule has 0 bridgehead atoms. The predicted molar refractivity (Wildman–Crippen MR) is 51.1 cm³/mol. The van der Waals surface area contributed by atoms with Gasteiger partial charge in [0.1, 0.15) is 16.1 Å². The van der Waals surface area contributed by atoms with Crippen LogP contribution in [0, 0.1) is 11.3 Å². The zero-order valence-corrected chi connectivity index (χ0v) is 8.14. The number of thiazole rings is 1. The zero-order chi connectivity index (χ0) is 9.84. The molecule has 5 heteroatoms. The number of rotatable bonds is 3. The number of hydrogen-bond acceptors (Lipinski definition) is 5. The molecule has 0 radical (unpaired) electrons. The van der Waals surface area contributed by atoms with E-state index in [9.17, 15) is 5.11 Å². The molecule has 0 saturated carbocycles. The van der Waals surface area contributed by atoms with E-state index in [-0.39, 0.29) is 6.42 Å². The highest BCUT2D eigenvalue weighted by Gasteiger charge is 2.14. The quantitative estimate of drug-likeness (QED) is 0.763. The van der Waals surface area contributed by atoms with Gasteiger partial charge in [0.2, 0.25) is 0 Å². The number of aliphatic hydroxyl groups is 1. The second kappa shape index (κ2) is 4.21. The highest BCUT2D eigenvalue weighted by molar-refractivity contribution is 7.15. The Labute approximate surface area is 80.6 Å². The van der Waals surface area contributed by atoms with Crippen molar-refractivity contribution in [1.29, 1.82) is 5.26 Å². The molecule has 0 aliphatic heterocycles. The number of nitrogen functional groups attached to an aromatic ring is 1. The largest absolute Gasteiger partial charge is 0.389 e. The van der Waals surface area contributed by atoms with Gasteiger partial charge in [-0.3, -0.25) is 0 Å². The predicted octanol–water partition coefficient (Wildman–Crippen LogP) is 1.23. The third-order valence-electron chi connectivity index (χ3n) is 1.65. The van der Waals surface area contributed by atoms with Crippen molar-refractivity contribution in [2.24, 2.45) is 0 Å². The van der Waals surface area contributed by atoms with E-state index in [2.05, 4.69) is 4.98 Å². The third-order valence-corrected chi connectivity index (χ3v) is 2.68. The molecule has 0 aromatic carbocycles. The van der Waals surface area contributed by atoms with Gasteiger partial charge in [-0.05, 0) is 6.42 Å². The Balaban J connectivity index is 2.85. The Morgan fingerprint density at radius 1 is 1.77 bits per heavy atom. The fourth-order valence-electron chi connectivity index (χ4n) is 0.952. The van der Waals surface area contributed by atoms with Gasteiger partial charge in [0, 0.05) is 0 Å². The Bertz CT molecular complexity index is 329. The van der Waals surface area contributed by atoms with Gasteiger partial charge >= 0.3 is 0 Å². The second-order valence-corrected chi connectivity index (χ2v) is 3.66. The first-order chi connectivity index (χ1) is 6.19. The monoisotopic (exact) mass is 197 g/mol. The van der Waals surface area contributed by atoms with Crippen LogP contribution in [0.2, 0.25) is 0 Å². The molecule has 13 heavy (non-hydrogen) atoms. The Morgan fingerprint density at radius 2 is 2.46 bits per heavy atom. The van der Waals surface area contributed by atoms with Crippen LogP contribution in [0.1, 0.15) is 30.2 Å². The summed E-state index contributed by atoms with van der Waals surface area (Å²) in [7, 11) is 0. The maximum atomic E-state index is 9.42. The van der Waals surface area contributed by atoms with E-state index >= 15 is 0 Å². The first-order valence-corrected chi connectivity index (χ1v) is 4.80. The zero-order valence-electron chi connectivity index (χ0n) is 7.32. The fraction of sp³-hybridized carbons (Fsp3) is 0.500. The van der Waals surface area contributed by atoms with Gasteiger partial charge < -0.3 is 10.8 Å². The molecule has 0 saturated heterocycles. The third kappa shape index (κ3) is 2.17. The number of hydrogen-bond donors (Lipinski definition) is 2. The summed E-state index contributed by atoms with van der Waals surface area (Å²) >= 11 is 1.25. The molecule has 1 rings (SSSR count). The maximum absolute atomic E-state index is 9.42. The van der Waals surface area contributed by atoms with Crippen LogP contribution in [0.25, 0.3) is 0 Å². The topological polar surface area (TPSA) is 82.9 Å². The normalized spacial score (nSPS) is 12.4. The first kappa shape index (κ1) is 9.96. The summed E-state index contributed by atoms with van der Waals surface area (Å²) in [6.07, 6.45) is 0.0233. The van der Waals surface area contributed by atoms with Crippen molar-refractivity contribution in [3.05, 3.63) is 10.7 Å². The first-order valence-electron chi connectivity index (χ1n) is 3.99. The summed E-state index contributed by atoms with van der Waals surface area (Å²) in [5.41, 5.74) is 6.45. The molecule has 0 aliphatic carbocycles. The molecule has 0 fully saturated rings. The van der Waals surface area contributed by atoms with Gasteiger partial charge in [-0.2, -0.15) is 5.26 Å². The highest BCUT2D eigenvalue weighted by Crippen LogP contribution is 2.27. The number of aromatic nitrogens is 1. The molecular formula is C8H11N3OS. The van der Waals surface area contributed by atoms with Crippen molar-refractivity contribution in [1.82, 2.24) is 4.98 Å². The minimum atomic E-state index is -0.794. The van der Waals surface area contributed by atoms with Gasteiger partial charge in [0.15, 0.2) is 0 Å². The van der Waals surface area contributed by atoms with E-state index < -0.39 is 6.10 Å². The number of nitrogens with two attached hydrogens (primary N) is 1. The summed E-state index contributed by atoms with van der Waals surface area (Å²) in [6, 6.07) is 1.89. The molecule has 4 nitrogen and oxygen atoms in total. The van der Waals surface area contributed by atoms with Gasteiger partial charge in [-0.1, -0.05) is 18.3 Å². The van der Waals surface area contributed by atoms with Crippen molar-refractivity contribution in [3.8, 4) is 6.07 Å². The van der Waals surface area contributed by atoms with Crippen molar-refractivity contribution in [3.63, 3.8) is 0 Å². The molecule has 0 spiro atoms. The highest BCUT2D eigenvalue weighted by atomic mass is 32.1. The molecule has 1 atom stereocenters. The van der Waals surface area contributed by atoms with Crippen LogP contribution < -0.4 is 5.73 Å². The SMILES string of the molecule is CCc1nc(C(O)CC#N)sc1N. The molecular weight excluding hydrogens is 186 g/mol. The molecule has 0 amide bonds. The average molecular weight is 197 g/mol. The molecule has 1 aromatic heterocycles. The van der Waals surface area contributed by atoms with Gasteiger partial charge in [-0.15, -0.1) is 0 Å². The van der Waals surface area contributed by atoms with Crippen molar-refractivity contribution in [2.45, 2.75) is 25.9 Å². The van der Waals surface area contributed by atoms with E-state index in [0.717, 1.165) is 12.1 Å². The second-order valence-electron chi connectivity index (χ2n) is 2.59. The minimum Gasteiger partial charge on any atom is -0.389 e. The number of anilines is 1. The van der Waals surface area contributed by atoms with Gasteiger partial charge in [0.05, 0.1) is 18.2 Å². The molecule has 1 unspecified atom stereocenters. The van der Waals surface area contributed by atoms with Crippen LogP contribution in [-0.4, -0.2) is 10.1 Å². The summed E-state index contributed by atoms with van der Waals surface area (Å²) < 4.78 is 0. The van der Waals surface area contributed by atoms with Crippen molar-refractivity contribution in [2.75, 3.05) is 5.73 Å². The van der Waals surface area contributed by atoms with E-state index in [1.54, 1.807) is 0 Å². The summed E-state index contributed by atoms with van der Waals surface area (Å²) in [6.45, 7) is 1.95. The number of aliphatic hydroxyl groups excluding tert-OH is 1. The summed E-state index contributed by atoms with van der Waals surface area (Å²) in [4.78, 5) is 4.14. The van der Waals surface area contributed by atoms with E-state index in [0.29, 0.717) is 10.0 Å². The Morgan fingerprint density at radius 3 is 2.92 bits per heavy atom. The lowest BCUT2D eigenvalue weighted by Gasteiger charge is -1.98. The number of nitrogens with zero attached hydrogens (tertiary/aromatic N) is 2. The summed E-state index contributed by atoms with van der Waals surface area (Å²) in [5.74, 6) is 0. The summed E-state index contributed by atoms with van der Waals surface area (Å²) in [5, 5.41) is 19.0. The van der Waals surface area contributed by atoms with Crippen molar-refractivity contribution < 1.29 is 5.11 Å². The van der Waals surface area contributed by atoms with E-state index in [1.165, 1.54) is 11.3 Å². The molecule has 0 aliphatic rings. The minimum absolute atomic E-state index is 0.0656.